The van der Waals surface area contributed by atoms with E-state index in [9.17, 15) is 18.0 Å². The summed E-state index contributed by atoms with van der Waals surface area (Å²) < 4.78 is 40.6. The van der Waals surface area contributed by atoms with E-state index in [4.69, 9.17) is 32.7 Å². The van der Waals surface area contributed by atoms with Gasteiger partial charge in [-0.3, -0.25) is 13.9 Å². The lowest BCUT2D eigenvalue weighted by Gasteiger charge is -2.34. The van der Waals surface area contributed by atoms with Gasteiger partial charge in [-0.1, -0.05) is 65.7 Å². The van der Waals surface area contributed by atoms with Crippen molar-refractivity contribution in [1.29, 1.82) is 0 Å². The number of rotatable bonds is 13. The number of halogens is 2. The minimum Gasteiger partial charge on any atom is -0.493 e. The van der Waals surface area contributed by atoms with Crippen LogP contribution in [0.15, 0.2) is 89.8 Å². The summed E-state index contributed by atoms with van der Waals surface area (Å²) in [6, 6.07) is 22.7. The average molecular weight is 699 g/mol. The van der Waals surface area contributed by atoms with Crippen molar-refractivity contribution in [1.82, 2.24) is 10.2 Å². The van der Waals surface area contributed by atoms with E-state index < -0.39 is 34.4 Å². The molecule has 0 aliphatic carbocycles. The zero-order chi connectivity index (χ0) is 34.3. The Bertz CT molecular complexity index is 1810. The second kappa shape index (κ2) is 15.6. The molecule has 0 bridgehead atoms. The van der Waals surface area contributed by atoms with Crippen LogP contribution in [0.4, 0.5) is 5.69 Å². The SMILES string of the molecule is CNC(=O)[C@H](Cc1ccccc1)N(Cc1c(Cl)cccc1Cl)C(=O)CN(c1cc(C)cc(C)c1)S(=O)(=O)c1ccc(OC)c(OC)c1. The van der Waals surface area contributed by atoms with E-state index in [0.29, 0.717) is 21.4 Å². The van der Waals surface area contributed by atoms with Crippen LogP contribution in [-0.4, -0.2) is 59.0 Å². The molecule has 0 spiro atoms. The van der Waals surface area contributed by atoms with Crippen molar-refractivity contribution in [3.8, 4) is 11.5 Å². The van der Waals surface area contributed by atoms with Crippen LogP contribution >= 0.6 is 23.2 Å². The van der Waals surface area contributed by atoms with Crippen LogP contribution in [0, 0.1) is 13.8 Å². The molecule has 47 heavy (non-hydrogen) atoms. The number of nitrogens with one attached hydrogen (secondary N) is 1. The number of benzene rings is 4. The number of hydrogen-bond donors (Lipinski definition) is 1. The van der Waals surface area contributed by atoms with Gasteiger partial charge in [0.2, 0.25) is 11.8 Å². The Morgan fingerprint density at radius 3 is 2.02 bits per heavy atom. The van der Waals surface area contributed by atoms with Crippen molar-refractivity contribution >= 4 is 50.7 Å². The fourth-order valence-corrected chi connectivity index (χ4v) is 7.23. The first-order valence-electron chi connectivity index (χ1n) is 14.7. The maximum Gasteiger partial charge on any atom is 0.264 e. The third-order valence-corrected chi connectivity index (χ3v) is 10.1. The number of hydrogen-bond acceptors (Lipinski definition) is 6. The van der Waals surface area contributed by atoms with Gasteiger partial charge in [-0.2, -0.15) is 0 Å². The van der Waals surface area contributed by atoms with E-state index >= 15 is 0 Å². The van der Waals surface area contributed by atoms with Gasteiger partial charge in [0.15, 0.2) is 11.5 Å². The molecule has 0 aromatic heterocycles. The molecule has 12 heteroatoms. The van der Waals surface area contributed by atoms with Crippen LogP contribution in [0.2, 0.25) is 10.0 Å². The minimum atomic E-state index is -4.38. The number of amides is 2. The standard InChI is InChI=1S/C35H37Cl2N3O6S/c1-23-16-24(2)18-26(17-23)40(47(43,44)27-14-15-32(45-4)33(20-27)46-5)22-34(41)39(21-28-29(36)12-9-13-30(28)37)31(35(42)38-3)19-25-10-7-6-8-11-25/h6-18,20,31H,19,21-22H2,1-5H3,(H,38,42)/t31-/m0/s1. The van der Waals surface area contributed by atoms with Crippen molar-refractivity contribution in [2.75, 3.05) is 32.1 Å². The van der Waals surface area contributed by atoms with E-state index in [0.717, 1.165) is 21.0 Å². The van der Waals surface area contributed by atoms with Gasteiger partial charge in [0.25, 0.3) is 10.0 Å². The summed E-state index contributed by atoms with van der Waals surface area (Å²) in [5.41, 5.74) is 3.10. The molecule has 0 saturated carbocycles. The molecule has 0 aliphatic rings. The number of aryl methyl sites for hydroxylation is 2. The Hall–Kier alpha value is -4.25. The lowest BCUT2D eigenvalue weighted by atomic mass is 10.0. The van der Waals surface area contributed by atoms with Crippen molar-refractivity contribution in [2.45, 2.75) is 37.8 Å². The summed E-state index contributed by atoms with van der Waals surface area (Å²) in [6.07, 6.45) is 0.153. The molecule has 1 atom stereocenters. The van der Waals surface area contributed by atoms with E-state index in [1.807, 2.05) is 50.2 Å². The van der Waals surface area contributed by atoms with Gasteiger partial charge in [-0.25, -0.2) is 8.42 Å². The van der Waals surface area contributed by atoms with Gasteiger partial charge < -0.3 is 19.7 Å². The van der Waals surface area contributed by atoms with Crippen molar-refractivity contribution < 1.29 is 27.5 Å². The maximum absolute atomic E-state index is 14.6. The number of carbonyl (C=O) groups is 2. The Kier molecular flexibility index (Phi) is 11.8. The third kappa shape index (κ3) is 8.38. The lowest BCUT2D eigenvalue weighted by Crippen LogP contribution is -2.53. The predicted octanol–water partition coefficient (Wildman–Crippen LogP) is 6.21. The highest BCUT2D eigenvalue weighted by Gasteiger charge is 2.35. The van der Waals surface area contributed by atoms with Gasteiger partial charge >= 0.3 is 0 Å². The molecule has 1 N–H and O–H groups in total. The molecule has 0 fully saturated rings. The zero-order valence-electron chi connectivity index (χ0n) is 26.8. The first-order valence-corrected chi connectivity index (χ1v) is 16.9. The van der Waals surface area contributed by atoms with Crippen molar-refractivity contribution in [3.63, 3.8) is 0 Å². The molecule has 4 rings (SSSR count). The molecule has 4 aromatic carbocycles. The summed E-state index contributed by atoms with van der Waals surface area (Å²) in [7, 11) is -0.0402. The van der Waals surface area contributed by atoms with Crippen LogP contribution in [-0.2, 0) is 32.6 Å². The molecular weight excluding hydrogens is 661 g/mol. The molecule has 9 nitrogen and oxygen atoms in total. The van der Waals surface area contributed by atoms with Gasteiger partial charge in [0.1, 0.15) is 12.6 Å². The highest BCUT2D eigenvalue weighted by atomic mass is 35.5. The predicted molar refractivity (Wildman–Crippen MR) is 185 cm³/mol. The third-order valence-electron chi connectivity index (χ3n) is 7.62. The normalized spacial score (nSPS) is 11.8. The molecule has 2 amide bonds. The first kappa shape index (κ1) is 35.6. The second-order valence-corrected chi connectivity index (χ2v) is 13.6. The average Bonchev–Trinajstić information content (AvgIpc) is 3.05. The van der Waals surface area contributed by atoms with Crippen LogP contribution < -0.4 is 19.1 Å². The number of likely N-dealkylation sites (N-methyl/N-ethyl adjacent to an activating group) is 1. The van der Waals surface area contributed by atoms with Crippen LogP contribution in [0.5, 0.6) is 11.5 Å². The highest BCUT2D eigenvalue weighted by molar-refractivity contribution is 7.92. The van der Waals surface area contributed by atoms with E-state index in [1.165, 1.54) is 44.4 Å². The fraction of sp³-hybridized carbons (Fsp3) is 0.257. The first-order chi connectivity index (χ1) is 22.4. The van der Waals surface area contributed by atoms with Gasteiger partial charge in [0, 0.05) is 41.7 Å². The second-order valence-electron chi connectivity index (χ2n) is 10.9. The van der Waals surface area contributed by atoms with Crippen molar-refractivity contribution in [2.24, 2.45) is 0 Å². The highest BCUT2D eigenvalue weighted by Crippen LogP contribution is 2.33. The Balaban J connectivity index is 1.87. The van der Waals surface area contributed by atoms with Gasteiger partial charge in [-0.05, 0) is 66.9 Å². The van der Waals surface area contributed by atoms with Crippen LogP contribution in [0.1, 0.15) is 22.3 Å². The minimum absolute atomic E-state index is 0.116. The Morgan fingerprint density at radius 2 is 1.45 bits per heavy atom. The lowest BCUT2D eigenvalue weighted by molar-refractivity contribution is -0.139. The molecule has 0 aliphatic heterocycles. The summed E-state index contributed by atoms with van der Waals surface area (Å²) in [5.74, 6) is -0.532. The number of ether oxygens (including phenoxy) is 2. The molecule has 0 unspecified atom stereocenters. The summed E-state index contributed by atoms with van der Waals surface area (Å²) in [5, 5.41) is 3.26. The molecule has 248 valence electrons. The number of anilines is 1. The van der Waals surface area contributed by atoms with E-state index in [1.54, 1.807) is 30.3 Å². The smallest absolute Gasteiger partial charge is 0.264 e. The molecular formula is C35H37Cl2N3O6S. The fourth-order valence-electron chi connectivity index (χ4n) is 5.30. The maximum atomic E-state index is 14.6. The van der Waals surface area contributed by atoms with Crippen LogP contribution in [0.25, 0.3) is 0 Å². The molecule has 0 heterocycles. The van der Waals surface area contributed by atoms with Crippen molar-refractivity contribution in [3.05, 3.63) is 117 Å². The zero-order valence-corrected chi connectivity index (χ0v) is 29.1. The Labute approximate surface area is 286 Å². The number of nitrogens with zero attached hydrogens (tertiary/aromatic N) is 2. The van der Waals surface area contributed by atoms with E-state index in [-0.39, 0.29) is 29.3 Å². The van der Waals surface area contributed by atoms with E-state index in [2.05, 4.69) is 5.32 Å². The van der Waals surface area contributed by atoms with Gasteiger partial charge in [0.05, 0.1) is 24.8 Å². The van der Waals surface area contributed by atoms with Crippen LogP contribution in [0.3, 0.4) is 0 Å². The molecule has 0 saturated heterocycles. The summed E-state index contributed by atoms with van der Waals surface area (Å²) in [6.45, 7) is 2.89. The monoisotopic (exact) mass is 697 g/mol. The molecule has 4 aromatic rings. The largest absolute Gasteiger partial charge is 0.493 e. The summed E-state index contributed by atoms with van der Waals surface area (Å²) in [4.78, 5) is 29.3. The Morgan fingerprint density at radius 1 is 0.830 bits per heavy atom. The summed E-state index contributed by atoms with van der Waals surface area (Å²) >= 11 is 13.1. The topological polar surface area (TPSA) is 105 Å². The number of methoxy groups -OCH3 is 2. The number of sulfonamides is 1. The molecule has 0 radical (unpaired) electrons. The quantitative estimate of drug-likeness (QED) is 0.178. The number of carbonyl (C=O) groups excluding carboxylic acids is 2. The van der Waals surface area contributed by atoms with Gasteiger partial charge in [-0.15, -0.1) is 0 Å².